The Morgan fingerprint density at radius 2 is 1.23 bits per heavy atom. The molecule has 3 atom stereocenters. The summed E-state index contributed by atoms with van der Waals surface area (Å²) in [4.78, 5) is 38.4. The van der Waals surface area contributed by atoms with Gasteiger partial charge in [-0.3, -0.25) is 9.59 Å². The van der Waals surface area contributed by atoms with Crippen molar-refractivity contribution in [3.8, 4) is 23.0 Å². The molecule has 412 valence electrons. The average Bonchev–Trinajstić information content (AvgIpc) is 4.25. The number of aromatic nitrogens is 2. The van der Waals surface area contributed by atoms with Gasteiger partial charge in [0.15, 0.2) is 0 Å². The summed E-state index contributed by atoms with van der Waals surface area (Å²) >= 11 is 3.05. The fraction of sp³-hybridized carbons (Fsp3) is 0.281. The maximum atomic E-state index is 13.5. The monoisotopic (exact) mass is 1150 g/mol. The van der Waals surface area contributed by atoms with Crippen molar-refractivity contribution in [1.29, 1.82) is 0 Å². The van der Waals surface area contributed by atoms with Crippen molar-refractivity contribution >= 4 is 39.5 Å². The van der Waals surface area contributed by atoms with E-state index in [2.05, 4.69) is 35.7 Å². The Balaban J connectivity index is 0.000000251. The third-order valence-corrected chi connectivity index (χ3v) is 12.8. The third-order valence-electron chi connectivity index (χ3n) is 12.2. The number of carbonyl (C=O) groups excluding carboxylic acids is 2. The summed E-state index contributed by atoms with van der Waals surface area (Å²) in [6, 6.07) is 35.1. The Kier molecular flexibility index (Phi) is 20.3. The highest BCUT2D eigenvalue weighted by molar-refractivity contribution is 9.10. The number of benzene rings is 5. The number of carboxylic acid groups (broad SMARTS) is 1. The number of aliphatic carboxylic acids is 1. The number of imide groups is 1. The molecule has 2 aromatic heterocycles. The number of hydrogen-bond acceptors (Lipinski definition) is 12. The second kappa shape index (κ2) is 26.8. The van der Waals surface area contributed by atoms with Crippen LogP contribution in [-0.2, 0) is 34.0 Å². The molecule has 78 heavy (non-hydrogen) atoms. The largest absolute Gasteiger partial charge is 0.573 e. The van der Waals surface area contributed by atoms with Gasteiger partial charge in [-0.15, -0.1) is 26.3 Å². The molecule has 1 fully saturated rings. The number of carbonyl (C=O) groups is 3. The summed E-state index contributed by atoms with van der Waals surface area (Å²) < 4.78 is 112. The van der Waals surface area contributed by atoms with E-state index in [1.807, 2.05) is 36.4 Å². The first-order chi connectivity index (χ1) is 36.4. The lowest BCUT2D eigenvalue weighted by atomic mass is 9.91. The minimum Gasteiger partial charge on any atom is -0.489 e. The van der Waals surface area contributed by atoms with Crippen molar-refractivity contribution in [2.45, 2.75) is 97.2 Å². The summed E-state index contributed by atoms with van der Waals surface area (Å²) in [6.07, 6.45) is -2.85. The summed E-state index contributed by atoms with van der Waals surface area (Å²) in [5, 5.41) is 17.1. The van der Waals surface area contributed by atoms with Crippen molar-refractivity contribution in [2.24, 2.45) is 0 Å². The maximum absolute atomic E-state index is 13.5. The van der Waals surface area contributed by atoms with Crippen LogP contribution in [-0.4, -0.2) is 63.7 Å². The molecule has 1 N–H and O–H groups in total. The molecule has 21 heteroatoms. The van der Waals surface area contributed by atoms with Crippen LogP contribution in [0.3, 0.4) is 0 Å². The topological polar surface area (TPSA) is 173 Å². The lowest BCUT2D eigenvalue weighted by Gasteiger charge is -2.22. The van der Waals surface area contributed by atoms with Crippen LogP contribution in [0.2, 0.25) is 0 Å². The number of allylic oxidation sites excluding steroid dienone is 2. The van der Waals surface area contributed by atoms with E-state index in [4.69, 9.17) is 23.3 Å². The van der Waals surface area contributed by atoms with E-state index in [9.17, 15) is 45.8 Å². The highest BCUT2D eigenvalue weighted by Gasteiger charge is 2.39. The predicted octanol–water partition coefficient (Wildman–Crippen LogP) is 14.6. The molecule has 1 aliphatic heterocycles. The molecule has 0 unspecified atom stereocenters. The van der Waals surface area contributed by atoms with E-state index in [1.165, 1.54) is 35.6 Å². The molecule has 0 radical (unpaired) electrons. The summed E-state index contributed by atoms with van der Waals surface area (Å²) in [5.41, 5.74) is 5.73. The molecule has 0 bridgehead atoms. The quantitative estimate of drug-likeness (QED) is 0.0759. The zero-order chi connectivity index (χ0) is 53.8. The maximum Gasteiger partial charge on any atom is 0.573 e. The number of nitrogens with zero attached hydrogens (tertiary/aromatic N) is 3. The van der Waals surface area contributed by atoms with Crippen LogP contribution in [0.5, 0.6) is 23.0 Å². The molecule has 3 heterocycles. The first-order valence-corrected chi connectivity index (χ1v) is 24.4. The summed E-state index contributed by atoms with van der Waals surface area (Å²) in [7, 11) is 0. The van der Waals surface area contributed by atoms with E-state index >= 15 is 0 Å². The van der Waals surface area contributed by atoms with Crippen molar-refractivity contribution in [2.75, 3.05) is 6.61 Å². The average molecular weight is 1150 g/mol. The minimum absolute atomic E-state index is 0. The van der Waals surface area contributed by atoms with E-state index in [-0.39, 0.29) is 63.5 Å². The molecule has 0 saturated carbocycles. The van der Waals surface area contributed by atoms with Gasteiger partial charge in [0.25, 0.3) is 0 Å². The van der Waals surface area contributed by atoms with E-state index < -0.39 is 48.6 Å². The Morgan fingerprint density at radius 3 is 1.74 bits per heavy atom. The number of carboxylic acids is 1. The number of halogens is 7. The van der Waals surface area contributed by atoms with Crippen LogP contribution in [0.4, 0.5) is 31.1 Å². The lowest BCUT2D eigenvalue weighted by Crippen LogP contribution is -2.40. The fourth-order valence-corrected chi connectivity index (χ4v) is 8.98. The van der Waals surface area contributed by atoms with E-state index in [0.717, 1.165) is 35.1 Å². The number of hydrogen-bond donors (Lipinski definition) is 1. The van der Waals surface area contributed by atoms with Gasteiger partial charge in [-0.05, 0) is 117 Å². The van der Waals surface area contributed by atoms with Crippen molar-refractivity contribution in [3.05, 3.63) is 195 Å². The first kappa shape index (κ1) is 59.2. The molecule has 1 saturated heterocycles. The van der Waals surface area contributed by atoms with Gasteiger partial charge in [0.2, 0.25) is 5.91 Å². The molecular weight excluding hydrogens is 1100 g/mol. The molecule has 9 rings (SSSR count). The Hall–Kier alpha value is -8.07. The van der Waals surface area contributed by atoms with Gasteiger partial charge in [0, 0.05) is 36.0 Å². The Morgan fingerprint density at radius 1 is 0.692 bits per heavy atom. The van der Waals surface area contributed by atoms with Gasteiger partial charge in [0.1, 0.15) is 55.3 Å². The Bertz CT molecular complexity index is 3080. The van der Waals surface area contributed by atoms with Gasteiger partial charge >= 0.3 is 24.8 Å². The fourth-order valence-electron chi connectivity index (χ4n) is 8.65. The minimum atomic E-state index is -4.82. The van der Waals surface area contributed by atoms with Crippen LogP contribution in [0.15, 0.2) is 160 Å². The van der Waals surface area contributed by atoms with Crippen molar-refractivity contribution < 1.29 is 78.6 Å². The SMILES string of the molecule is C.C.O=C(C[C@@H](c1ccc(OCc2ccc(Br)c(OC(F)(F)F)c2)cc1)c1ccon1)N1C(=O)OC[C@@H]1Cc1ccccc1.O=C(O)C[C@@H](c1ccc(OCc2ccc(C3=CCCC3)c(OC(F)(F)F)c2)cc1)c1ccon1. The molecule has 2 amide bonds. The van der Waals surface area contributed by atoms with E-state index in [1.54, 1.807) is 78.9 Å². The summed E-state index contributed by atoms with van der Waals surface area (Å²) in [6.45, 7) is 0.142. The number of rotatable bonds is 19. The highest BCUT2D eigenvalue weighted by atomic mass is 79.9. The van der Waals surface area contributed by atoms with Crippen LogP contribution in [0.25, 0.3) is 5.57 Å². The molecule has 1 aliphatic carbocycles. The van der Waals surface area contributed by atoms with Gasteiger partial charge in [-0.1, -0.05) is 104 Å². The number of cyclic esters (lactones) is 1. The van der Waals surface area contributed by atoms with E-state index in [0.29, 0.717) is 52.4 Å². The smallest absolute Gasteiger partial charge is 0.489 e. The van der Waals surface area contributed by atoms with Crippen LogP contribution in [0.1, 0.15) is 104 Å². The summed E-state index contributed by atoms with van der Waals surface area (Å²) in [5.74, 6) is -2.04. The number of alkyl halides is 6. The third kappa shape index (κ3) is 16.5. The lowest BCUT2D eigenvalue weighted by molar-refractivity contribution is -0.275. The number of amides is 2. The molecular formula is C57H54BrF6N3O11. The zero-order valence-corrected chi connectivity index (χ0v) is 41.6. The van der Waals surface area contributed by atoms with Crippen molar-refractivity contribution in [3.63, 3.8) is 0 Å². The van der Waals surface area contributed by atoms with Crippen LogP contribution >= 0.6 is 15.9 Å². The second-order valence-corrected chi connectivity index (χ2v) is 18.3. The standard InChI is InChI=1S/C30H24BrF3N2O6.C25H22F3NO5.2CH4/c31-25-11-6-20(15-27(25)42-30(32,33)34)17-39-23-9-7-21(8-10-23)24(26-12-13-41-35-26)16-28(37)36-22(18-40-29(36)38)14-19-4-2-1-3-5-19;26-25(27,28)34-23-13-16(5-10-20(23)17-3-1-2-4-17)15-32-19-8-6-18(7-9-19)21(14-24(30)31)22-11-12-33-29-22;;/h1-13,15,22,24H,14,16-18H2;3,5-13,21H,1-2,4,14-15H2,(H,30,31);2*1H4/t22-,24-;21-;;/m00../s1. The predicted molar refractivity (Wildman–Crippen MR) is 276 cm³/mol. The molecule has 2 aliphatic rings. The highest BCUT2D eigenvalue weighted by Crippen LogP contribution is 2.38. The Labute approximate surface area is 453 Å². The molecule has 14 nitrogen and oxygen atoms in total. The molecule has 0 spiro atoms. The number of ether oxygens (including phenoxy) is 5. The first-order valence-electron chi connectivity index (χ1n) is 23.6. The van der Waals surface area contributed by atoms with Crippen LogP contribution in [0, 0.1) is 0 Å². The normalized spacial score (nSPS) is 14.8. The molecule has 5 aromatic carbocycles. The van der Waals surface area contributed by atoms with Crippen LogP contribution < -0.4 is 18.9 Å². The second-order valence-electron chi connectivity index (χ2n) is 17.5. The van der Waals surface area contributed by atoms with Gasteiger partial charge in [0.05, 0.1) is 28.3 Å². The van der Waals surface area contributed by atoms with Gasteiger partial charge in [-0.25, -0.2) is 9.69 Å². The van der Waals surface area contributed by atoms with Gasteiger partial charge < -0.3 is 37.8 Å². The van der Waals surface area contributed by atoms with Gasteiger partial charge in [-0.2, -0.15) is 0 Å². The molecule has 7 aromatic rings. The van der Waals surface area contributed by atoms with Crippen molar-refractivity contribution in [1.82, 2.24) is 15.2 Å². The zero-order valence-electron chi connectivity index (χ0n) is 40.0.